The Morgan fingerprint density at radius 2 is 2.13 bits per heavy atom. The molecule has 128 valence electrons. The number of amides is 1. The topological polar surface area (TPSA) is 66.7 Å². The number of carbonyl (C=O) groups is 1. The summed E-state index contributed by atoms with van der Waals surface area (Å²) in [6, 6.07) is 0.367. The van der Waals surface area contributed by atoms with Crippen LogP contribution in [0, 0.1) is 10.1 Å². The van der Waals surface area contributed by atoms with Gasteiger partial charge in [-0.3, -0.25) is 19.8 Å². The van der Waals surface area contributed by atoms with Crippen molar-refractivity contribution in [3.05, 3.63) is 33.2 Å². The van der Waals surface area contributed by atoms with Crippen molar-refractivity contribution in [3.8, 4) is 0 Å². The van der Waals surface area contributed by atoms with Gasteiger partial charge in [-0.15, -0.1) is 0 Å². The van der Waals surface area contributed by atoms with Crippen LogP contribution in [0.15, 0.2) is 23.0 Å². The van der Waals surface area contributed by atoms with Crippen molar-refractivity contribution >= 4 is 5.91 Å². The van der Waals surface area contributed by atoms with Gasteiger partial charge in [-0.2, -0.15) is 0 Å². The number of hydrogen-bond donors (Lipinski definition) is 0. The average Bonchev–Trinajstić information content (AvgIpc) is 2.96. The first kappa shape index (κ1) is 17.7. The molecule has 23 heavy (non-hydrogen) atoms. The summed E-state index contributed by atoms with van der Waals surface area (Å²) in [4.78, 5) is 27.4. The second kappa shape index (κ2) is 7.73. The summed E-state index contributed by atoms with van der Waals surface area (Å²) in [6.07, 6.45) is 5.65. The molecular weight excluding hydrogens is 294 g/mol. The lowest BCUT2D eigenvalue weighted by Crippen LogP contribution is -2.43. The van der Waals surface area contributed by atoms with Crippen LogP contribution in [-0.2, 0) is 4.79 Å². The van der Waals surface area contributed by atoms with Gasteiger partial charge in [0.05, 0.1) is 11.5 Å². The maximum Gasteiger partial charge on any atom is 0.248 e. The lowest BCUT2D eigenvalue weighted by molar-refractivity contribution is -0.428. The van der Waals surface area contributed by atoms with Crippen LogP contribution in [0.25, 0.3) is 0 Å². The molecule has 6 heteroatoms. The lowest BCUT2D eigenvalue weighted by Gasteiger charge is -2.30. The fourth-order valence-electron chi connectivity index (χ4n) is 3.29. The summed E-state index contributed by atoms with van der Waals surface area (Å²) in [7, 11) is 0. The van der Waals surface area contributed by atoms with Crippen molar-refractivity contribution in [2.24, 2.45) is 0 Å². The molecule has 1 unspecified atom stereocenters. The highest BCUT2D eigenvalue weighted by atomic mass is 16.6. The monoisotopic (exact) mass is 321 g/mol. The number of allylic oxidation sites excluding steroid dienone is 2. The zero-order valence-corrected chi connectivity index (χ0v) is 14.4. The molecule has 0 saturated carbocycles. The third-order valence-electron chi connectivity index (χ3n) is 4.88. The van der Waals surface area contributed by atoms with E-state index in [9.17, 15) is 14.9 Å². The number of rotatable bonds is 7. The molecule has 0 spiro atoms. The Kier molecular flexibility index (Phi) is 5.93. The summed E-state index contributed by atoms with van der Waals surface area (Å²) in [5.74, 6) is 0.0598. The molecule has 1 amide bonds. The van der Waals surface area contributed by atoms with Gasteiger partial charge in [-0.25, -0.2) is 0 Å². The molecule has 0 fully saturated rings. The summed E-state index contributed by atoms with van der Waals surface area (Å²) < 4.78 is 0. The van der Waals surface area contributed by atoms with Crippen LogP contribution in [0.1, 0.15) is 52.9 Å². The number of nitro groups is 1. The fourth-order valence-corrected chi connectivity index (χ4v) is 3.29. The van der Waals surface area contributed by atoms with E-state index in [2.05, 4.69) is 25.7 Å². The quantitative estimate of drug-likeness (QED) is 0.534. The summed E-state index contributed by atoms with van der Waals surface area (Å²) in [6.45, 7) is 8.33. The predicted octanol–water partition coefficient (Wildman–Crippen LogP) is 2.94. The zero-order chi connectivity index (χ0) is 17.0. The molecule has 2 aliphatic rings. The Labute approximate surface area is 138 Å². The Morgan fingerprint density at radius 3 is 2.74 bits per heavy atom. The van der Waals surface area contributed by atoms with E-state index in [1.165, 1.54) is 5.57 Å². The van der Waals surface area contributed by atoms with E-state index in [1.54, 1.807) is 11.0 Å². The van der Waals surface area contributed by atoms with Crippen molar-refractivity contribution < 1.29 is 9.72 Å². The normalized spacial score (nSPS) is 19.0. The maximum atomic E-state index is 12.7. The lowest BCUT2D eigenvalue weighted by atomic mass is 10.00. The van der Waals surface area contributed by atoms with Gasteiger partial charge < -0.3 is 4.90 Å². The third kappa shape index (κ3) is 3.99. The minimum absolute atomic E-state index is 0.0598. The van der Waals surface area contributed by atoms with Gasteiger partial charge in [0.25, 0.3) is 0 Å². The van der Waals surface area contributed by atoms with E-state index in [-0.39, 0.29) is 16.5 Å². The maximum absolute atomic E-state index is 12.7. The second-order valence-electron chi connectivity index (χ2n) is 6.40. The molecule has 1 atom stereocenters. The van der Waals surface area contributed by atoms with Crippen molar-refractivity contribution in [1.82, 2.24) is 9.80 Å². The highest BCUT2D eigenvalue weighted by Gasteiger charge is 2.32. The minimum atomic E-state index is -0.326. The number of hydrogen-bond acceptors (Lipinski definition) is 4. The van der Waals surface area contributed by atoms with Crippen molar-refractivity contribution in [3.63, 3.8) is 0 Å². The van der Waals surface area contributed by atoms with Crippen LogP contribution in [-0.4, -0.2) is 46.3 Å². The Bertz CT molecular complexity index is 539. The van der Waals surface area contributed by atoms with Gasteiger partial charge in [0.1, 0.15) is 0 Å². The molecule has 0 aromatic carbocycles. The molecule has 0 saturated heterocycles. The van der Waals surface area contributed by atoms with Crippen molar-refractivity contribution in [2.75, 3.05) is 19.6 Å². The molecule has 1 aliphatic heterocycles. The summed E-state index contributed by atoms with van der Waals surface area (Å²) in [5, 5.41) is 11.0. The van der Waals surface area contributed by atoms with Crippen LogP contribution in [0.3, 0.4) is 0 Å². The van der Waals surface area contributed by atoms with Crippen LogP contribution in [0.2, 0.25) is 0 Å². The summed E-state index contributed by atoms with van der Waals surface area (Å²) in [5.41, 5.74) is 2.19. The molecule has 2 rings (SSSR count). The highest BCUT2D eigenvalue weighted by molar-refractivity contribution is 5.81. The molecule has 1 heterocycles. The molecule has 0 aromatic rings. The van der Waals surface area contributed by atoms with Crippen LogP contribution < -0.4 is 0 Å². The van der Waals surface area contributed by atoms with Gasteiger partial charge in [0, 0.05) is 30.8 Å². The van der Waals surface area contributed by atoms with E-state index in [0.29, 0.717) is 32.0 Å². The second-order valence-corrected chi connectivity index (χ2v) is 6.40. The van der Waals surface area contributed by atoms with Gasteiger partial charge in [0.15, 0.2) is 0 Å². The van der Waals surface area contributed by atoms with E-state index < -0.39 is 0 Å². The van der Waals surface area contributed by atoms with Crippen LogP contribution >= 0.6 is 0 Å². The number of carbonyl (C=O) groups excluding carboxylic acids is 1. The number of nitrogens with zero attached hydrogens (tertiary/aromatic N) is 3. The Balaban J connectivity index is 2.11. The van der Waals surface area contributed by atoms with E-state index in [0.717, 1.165) is 31.5 Å². The smallest absolute Gasteiger partial charge is 0.248 e. The highest BCUT2D eigenvalue weighted by Crippen LogP contribution is 2.34. The third-order valence-corrected chi connectivity index (χ3v) is 4.88. The van der Waals surface area contributed by atoms with E-state index >= 15 is 0 Å². The molecule has 0 aromatic heterocycles. The molecular formula is C17H27N3O3. The van der Waals surface area contributed by atoms with Crippen LogP contribution in [0.4, 0.5) is 0 Å². The molecule has 0 bridgehead atoms. The van der Waals surface area contributed by atoms with Gasteiger partial charge in [-0.05, 0) is 44.7 Å². The van der Waals surface area contributed by atoms with Gasteiger partial charge in [-0.1, -0.05) is 13.8 Å². The molecule has 0 N–H and O–H groups in total. The Morgan fingerprint density at radius 1 is 1.39 bits per heavy atom. The first-order valence-corrected chi connectivity index (χ1v) is 8.59. The largest absolute Gasteiger partial charge is 0.311 e. The standard InChI is InChI=1S/C17H27N3O3/c1-4-9-18(13(3)5-2)12-17(21)19-10-8-14-6-7-15(20(22)23)11-16(14)19/h11,13H,4-10,12H2,1-3H3. The van der Waals surface area contributed by atoms with Gasteiger partial charge >= 0.3 is 0 Å². The average molecular weight is 321 g/mol. The minimum Gasteiger partial charge on any atom is -0.311 e. The molecule has 1 aliphatic carbocycles. The van der Waals surface area contributed by atoms with Crippen LogP contribution in [0.5, 0.6) is 0 Å². The Hall–Kier alpha value is -1.69. The molecule has 0 radical (unpaired) electrons. The molecule has 6 nitrogen and oxygen atoms in total. The SMILES string of the molecule is CCCN(CC(=O)N1CCC2=C1C=C([N+](=O)[O-])CC2)C(C)CC. The first-order valence-electron chi connectivity index (χ1n) is 8.59. The fraction of sp³-hybridized carbons (Fsp3) is 0.706. The first-order chi connectivity index (χ1) is 11.0. The zero-order valence-electron chi connectivity index (χ0n) is 14.4. The van der Waals surface area contributed by atoms with Crippen molar-refractivity contribution in [2.45, 2.75) is 58.9 Å². The predicted molar refractivity (Wildman–Crippen MR) is 89.3 cm³/mol. The van der Waals surface area contributed by atoms with E-state index in [4.69, 9.17) is 0 Å². The van der Waals surface area contributed by atoms with E-state index in [1.807, 2.05) is 0 Å². The summed E-state index contributed by atoms with van der Waals surface area (Å²) >= 11 is 0. The van der Waals surface area contributed by atoms with Gasteiger partial charge in [0.2, 0.25) is 11.6 Å². The van der Waals surface area contributed by atoms with Crippen molar-refractivity contribution in [1.29, 1.82) is 0 Å².